The van der Waals surface area contributed by atoms with E-state index in [1.807, 2.05) is 30.5 Å². The first-order valence-corrected chi connectivity index (χ1v) is 11.1. The highest BCUT2D eigenvalue weighted by Crippen LogP contribution is 2.17. The van der Waals surface area contributed by atoms with Crippen LogP contribution in [-0.4, -0.2) is 55.9 Å². The number of benzene rings is 1. The number of hydrogen-bond acceptors (Lipinski definition) is 5. The van der Waals surface area contributed by atoms with Crippen LogP contribution in [0, 0.1) is 6.92 Å². The first-order valence-electron chi connectivity index (χ1n) is 11.1. The first kappa shape index (κ1) is 26.2. The average molecular weight is 553 g/mol. The van der Waals surface area contributed by atoms with Crippen LogP contribution in [0.1, 0.15) is 31.9 Å². The number of aryl methyl sites for hydroxylation is 1. The third kappa shape index (κ3) is 8.46. The van der Waals surface area contributed by atoms with E-state index in [-0.39, 0.29) is 36.2 Å². The summed E-state index contributed by atoms with van der Waals surface area (Å²) in [4.78, 5) is 11.6. The number of anilines is 1. The van der Waals surface area contributed by atoms with Crippen LogP contribution in [0.4, 0.5) is 5.82 Å². The van der Waals surface area contributed by atoms with Crippen LogP contribution in [0.15, 0.2) is 47.6 Å². The summed E-state index contributed by atoms with van der Waals surface area (Å²) in [6.45, 7) is 12.8. The molecule has 2 unspecified atom stereocenters. The molecule has 0 amide bonds. The standard InChI is InChI=1S/C24H35N5O2.HI/c1-5-25-24(27-15-19(3)31-22-8-6-7-18(2)13-22)28-16-21-9-10-26-23(14-21)29-11-12-30-20(4)17-29;/h6-10,13-14,19-20H,5,11-12,15-17H2,1-4H3,(H2,25,27,28);1H. The summed E-state index contributed by atoms with van der Waals surface area (Å²) in [6.07, 6.45) is 2.10. The molecular formula is C24H36IN5O2. The molecule has 1 aromatic carbocycles. The third-order valence-corrected chi connectivity index (χ3v) is 5.02. The highest BCUT2D eigenvalue weighted by molar-refractivity contribution is 14.0. The topological polar surface area (TPSA) is 71.0 Å². The van der Waals surface area contributed by atoms with Crippen molar-refractivity contribution in [3.05, 3.63) is 53.7 Å². The Bertz CT molecular complexity index is 864. The molecule has 32 heavy (non-hydrogen) atoms. The number of pyridine rings is 1. The summed E-state index contributed by atoms with van der Waals surface area (Å²) in [7, 11) is 0. The molecule has 0 bridgehead atoms. The van der Waals surface area contributed by atoms with Crippen LogP contribution in [0.2, 0.25) is 0 Å². The number of aliphatic imine (C=N–C) groups is 1. The molecule has 2 heterocycles. The van der Waals surface area contributed by atoms with Gasteiger partial charge in [0.25, 0.3) is 0 Å². The van der Waals surface area contributed by atoms with Crippen molar-refractivity contribution >= 4 is 35.8 Å². The molecule has 2 atom stereocenters. The largest absolute Gasteiger partial charge is 0.489 e. The van der Waals surface area contributed by atoms with E-state index < -0.39 is 0 Å². The number of halogens is 1. The Morgan fingerprint density at radius 1 is 1.31 bits per heavy atom. The fourth-order valence-electron chi connectivity index (χ4n) is 3.47. The summed E-state index contributed by atoms with van der Waals surface area (Å²) < 4.78 is 11.6. The van der Waals surface area contributed by atoms with Gasteiger partial charge in [0.1, 0.15) is 17.7 Å². The normalized spacial score (nSPS) is 17.3. The van der Waals surface area contributed by atoms with E-state index in [9.17, 15) is 0 Å². The zero-order chi connectivity index (χ0) is 22.1. The maximum absolute atomic E-state index is 6.01. The minimum absolute atomic E-state index is 0. The molecule has 0 spiro atoms. The molecule has 7 nitrogen and oxygen atoms in total. The zero-order valence-corrected chi connectivity index (χ0v) is 21.8. The molecule has 2 N–H and O–H groups in total. The van der Waals surface area contributed by atoms with Gasteiger partial charge < -0.3 is 25.0 Å². The van der Waals surface area contributed by atoms with E-state index in [0.717, 1.165) is 49.3 Å². The molecule has 1 aromatic heterocycles. The van der Waals surface area contributed by atoms with Gasteiger partial charge in [-0.25, -0.2) is 9.98 Å². The number of guanidine groups is 1. The van der Waals surface area contributed by atoms with Gasteiger partial charge in [0, 0.05) is 25.8 Å². The molecule has 2 aromatic rings. The molecule has 8 heteroatoms. The van der Waals surface area contributed by atoms with E-state index in [1.54, 1.807) is 0 Å². The lowest BCUT2D eigenvalue weighted by Gasteiger charge is -2.32. The molecule has 1 aliphatic rings. The summed E-state index contributed by atoms with van der Waals surface area (Å²) in [5.74, 6) is 2.65. The van der Waals surface area contributed by atoms with Crippen LogP contribution < -0.4 is 20.3 Å². The Morgan fingerprint density at radius 3 is 2.91 bits per heavy atom. The summed E-state index contributed by atoms with van der Waals surface area (Å²) in [5, 5.41) is 6.69. The van der Waals surface area contributed by atoms with Crippen molar-refractivity contribution in [2.75, 3.05) is 37.7 Å². The van der Waals surface area contributed by atoms with Gasteiger partial charge in [0.2, 0.25) is 0 Å². The maximum atomic E-state index is 6.01. The van der Waals surface area contributed by atoms with Crippen molar-refractivity contribution in [1.29, 1.82) is 0 Å². The van der Waals surface area contributed by atoms with Gasteiger partial charge in [0.15, 0.2) is 5.96 Å². The number of hydrogen-bond donors (Lipinski definition) is 2. The number of ether oxygens (including phenoxy) is 2. The Kier molecular flexibility index (Phi) is 11.0. The monoisotopic (exact) mass is 553 g/mol. The van der Waals surface area contributed by atoms with Crippen molar-refractivity contribution in [2.24, 2.45) is 4.99 Å². The predicted molar refractivity (Wildman–Crippen MR) is 141 cm³/mol. The van der Waals surface area contributed by atoms with Crippen LogP contribution in [0.3, 0.4) is 0 Å². The number of aromatic nitrogens is 1. The number of nitrogens with zero attached hydrogens (tertiary/aromatic N) is 3. The average Bonchev–Trinajstić information content (AvgIpc) is 2.76. The van der Waals surface area contributed by atoms with Gasteiger partial charge in [0.05, 0.1) is 25.8 Å². The van der Waals surface area contributed by atoms with Crippen molar-refractivity contribution in [3.8, 4) is 5.75 Å². The number of rotatable bonds is 8. The summed E-state index contributed by atoms with van der Waals surface area (Å²) >= 11 is 0. The van der Waals surface area contributed by atoms with Gasteiger partial charge in [-0.15, -0.1) is 24.0 Å². The molecule has 3 rings (SSSR count). The highest BCUT2D eigenvalue weighted by atomic mass is 127. The van der Waals surface area contributed by atoms with E-state index >= 15 is 0 Å². The number of morpholine rings is 1. The molecule has 1 aliphatic heterocycles. The minimum atomic E-state index is 0. The quantitative estimate of drug-likeness (QED) is 0.295. The van der Waals surface area contributed by atoms with Crippen LogP contribution in [0.5, 0.6) is 5.75 Å². The van der Waals surface area contributed by atoms with Gasteiger partial charge in [-0.05, 0) is 63.1 Å². The summed E-state index contributed by atoms with van der Waals surface area (Å²) in [5.41, 5.74) is 2.32. The van der Waals surface area contributed by atoms with E-state index in [0.29, 0.717) is 13.1 Å². The second kappa shape index (κ2) is 13.5. The fourth-order valence-corrected chi connectivity index (χ4v) is 3.47. The highest BCUT2D eigenvalue weighted by Gasteiger charge is 2.18. The Labute approximate surface area is 209 Å². The molecule has 0 aliphatic carbocycles. The lowest BCUT2D eigenvalue weighted by molar-refractivity contribution is 0.0529. The van der Waals surface area contributed by atoms with Crippen LogP contribution >= 0.6 is 24.0 Å². The van der Waals surface area contributed by atoms with Gasteiger partial charge >= 0.3 is 0 Å². The Balaban J connectivity index is 0.00000363. The van der Waals surface area contributed by atoms with Crippen molar-refractivity contribution in [2.45, 2.75) is 46.4 Å². The molecule has 1 saturated heterocycles. The number of nitrogens with one attached hydrogen (secondary N) is 2. The maximum Gasteiger partial charge on any atom is 0.191 e. The molecule has 176 valence electrons. The van der Waals surface area contributed by atoms with Gasteiger partial charge in [-0.3, -0.25) is 0 Å². The third-order valence-electron chi connectivity index (χ3n) is 5.02. The lowest BCUT2D eigenvalue weighted by atomic mass is 10.2. The first-order chi connectivity index (χ1) is 15.0. The molecule has 0 saturated carbocycles. The van der Waals surface area contributed by atoms with Gasteiger partial charge in [-0.1, -0.05) is 12.1 Å². The van der Waals surface area contributed by atoms with Crippen molar-refractivity contribution in [3.63, 3.8) is 0 Å². The predicted octanol–water partition coefficient (Wildman–Crippen LogP) is 3.76. The fraction of sp³-hybridized carbons (Fsp3) is 0.500. The van der Waals surface area contributed by atoms with Crippen molar-refractivity contribution < 1.29 is 9.47 Å². The minimum Gasteiger partial charge on any atom is -0.489 e. The second-order valence-corrected chi connectivity index (χ2v) is 7.97. The molecule has 1 fully saturated rings. The van der Waals surface area contributed by atoms with E-state index in [2.05, 4.69) is 60.3 Å². The van der Waals surface area contributed by atoms with Crippen molar-refractivity contribution in [1.82, 2.24) is 15.6 Å². The molecular weight excluding hydrogens is 517 g/mol. The summed E-state index contributed by atoms with van der Waals surface area (Å²) in [6, 6.07) is 12.2. The van der Waals surface area contributed by atoms with Crippen LogP contribution in [0.25, 0.3) is 0 Å². The molecule has 0 radical (unpaired) electrons. The zero-order valence-electron chi connectivity index (χ0n) is 19.5. The van der Waals surface area contributed by atoms with E-state index in [1.165, 1.54) is 5.56 Å². The lowest BCUT2D eigenvalue weighted by Crippen LogP contribution is -2.42. The smallest absolute Gasteiger partial charge is 0.191 e. The van der Waals surface area contributed by atoms with E-state index in [4.69, 9.17) is 14.5 Å². The second-order valence-electron chi connectivity index (χ2n) is 7.97. The Morgan fingerprint density at radius 2 is 2.16 bits per heavy atom. The SMILES string of the molecule is CCNC(=NCc1ccnc(N2CCOC(C)C2)c1)NCC(C)Oc1cccc(C)c1.I. The Hall–Kier alpha value is -2.07. The van der Waals surface area contributed by atoms with Gasteiger partial charge in [-0.2, -0.15) is 0 Å². The van der Waals surface area contributed by atoms with Crippen LogP contribution in [-0.2, 0) is 11.3 Å².